The maximum absolute atomic E-state index is 12.6. The standard InChI is InChI=1S/C18H18ClF3N6S/c1-2-23-17(25-9-16-27-15(11-29-16)18(20,21)22)24-7-12-8-26-28(10-12)14-5-3-13(19)4-6-14/h3-6,8,10-11H,2,7,9H2,1H3,(H2,23,24,25). The lowest BCUT2D eigenvalue weighted by molar-refractivity contribution is -0.140. The Morgan fingerprint density at radius 1 is 1.24 bits per heavy atom. The Bertz CT molecular complexity index is 965. The molecule has 0 atom stereocenters. The molecule has 2 aromatic heterocycles. The van der Waals surface area contributed by atoms with Gasteiger partial charge in [-0.3, -0.25) is 0 Å². The minimum absolute atomic E-state index is 0.149. The Hall–Kier alpha value is -2.59. The molecule has 0 unspecified atom stereocenters. The van der Waals surface area contributed by atoms with Crippen LogP contribution in [-0.4, -0.2) is 27.3 Å². The van der Waals surface area contributed by atoms with Crippen LogP contribution in [0.5, 0.6) is 0 Å². The third kappa shape index (κ3) is 5.94. The smallest absolute Gasteiger partial charge is 0.357 e. The number of aromatic nitrogens is 3. The highest BCUT2D eigenvalue weighted by Gasteiger charge is 2.33. The van der Waals surface area contributed by atoms with Crippen LogP contribution in [0.15, 0.2) is 47.0 Å². The summed E-state index contributed by atoms with van der Waals surface area (Å²) in [6.07, 6.45) is -0.873. The van der Waals surface area contributed by atoms with Gasteiger partial charge in [0.25, 0.3) is 0 Å². The van der Waals surface area contributed by atoms with E-state index < -0.39 is 11.9 Å². The van der Waals surface area contributed by atoms with E-state index in [4.69, 9.17) is 11.6 Å². The molecule has 1 aromatic carbocycles. The van der Waals surface area contributed by atoms with Crippen LogP contribution in [0.2, 0.25) is 5.02 Å². The van der Waals surface area contributed by atoms with E-state index in [9.17, 15) is 13.2 Å². The predicted octanol–water partition coefficient (Wildman–Crippen LogP) is 4.26. The molecule has 0 saturated heterocycles. The van der Waals surface area contributed by atoms with Crippen LogP contribution in [0.25, 0.3) is 5.69 Å². The number of aliphatic imine (C=N–C) groups is 1. The van der Waals surface area contributed by atoms with E-state index in [-0.39, 0.29) is 6.54 Å². The maximum Gasteiger partial charge on any atom is 0.434 e. The molecule has 0 saturated carbocycles. The zero-order chi connectivity index (χ0) is 20.9. The second-order valence-electron chi connectivity index (χ2n) is 5.94. The number of alkyl halides is 3. The van der Waals surface area contributed by atoms with E-state index in [0.29, 0.717) is 29.1 Å². The number of benzene rings is 1. The van der Waals surface area contributed by atoms with Gasteiger partial charge in [-0.25, -0.2) is 14.7 Å². The number of halogens is 4. The number of rotatable bonds is 6. The van der Waals surface area contributed by atoms with Crippen LogP contribution in [0.4, 0.5) is 13.2 Å². The van der Waals surface area contributed by atoms with Gasteiger partial charge < -0.3 is 10.6 Å². The van der Waals surface area contributed by atoms with Gasteiger partial charge in [-0.05, 0) is 31.2 Å². The molecule has 154 valence electrons. The van der Waals surface area contributed by atoms with Crippen molar-refractivity contribution in [2.45, 2.75) is 26.2 Å². The summed E-state index contributed by atoms with van der Waals surface area (Å²) in [4.78, 5) is 8.05. The van der Waals surface area contributed by atoms with Crippen LogP contribution in [0.3, 0.4) is 0 Å². The van der Waals surface area contributed by atoms with Gasteiger partial charge in [-0.1, -0.05) is 11.6 Å². The molecular weight excluding hydrogens is 425 g/mol. The number of hydrogen-bond acceptors (Lipinski definition) is 4. The van der Waals surface area contributed by atoms with E-state index in [0.717, 1.165) is 28.0 Å². The molecule has 3 aromatic rings. The fourth-order valence-electron chi connectivity index (χ4n) is 2.37. The lowest BCUT2D eigenvalue weighted by Gasteiger charge is -2.09. The number of thiazole rings is 1. The van der Waals surface area contributed by atoms with Gasteiger partial charge in [0.2, 0.25) is 0 Å². The summed E-state index contributed by atoms with van der Waals surface area (Å²) in [6, 6.07) is 7.28. The van der Waals surface area contributed by atoms with Gasteiger partial charge in [0, 0.05) is 28.7 Å². The highest BCUT2D eigenvalue weighted by molar-refractivity contribution is 7.09. The molecule has 0 radical (unpaired) electrons. The SMILES string of the molecule is CCNC(=NCc1cnn(-c2ccc(Cl)cc2)c1)NCc1nc(C(F)(F)F)cs1. The van der Waals surface area contributed by atoms with Crippen molar-refractivity contribution < 1.29 is 13.2 Å². The third-order valence-corrected chi connectivity index (χ3v) is 4.84. The van der Waals surface area contributed by atoms with Crippen molar-refractivity contribution in [3.63, 3.8) is 0 Å². The zero-order valence-electron chi connectivity index (χ0n) is 15.4. The molecule has 6 nitrogen and oxygen atoms in total. The monoisotopic (exact) mass is 442 g/mol. The number of hydrogen-bond donors (Lipinski definition) is 2. The Kier molecular flexibility index (Phi) is 6.75. The normalized spacial score (nSPS) is 12.2. The van der Waals surface area contributed by atoms with E-state index in [1.54, 1.807) is 23.0 Å². The molecule has 3 rings (SSSR count). The van der Waals surface area contributed by atoms with Gasteiger partial charge in [0.05, 0.1) is 25.0 Å². The second kappa shape index (κ2) is 9.27. The molecule has 0 aliphatic heterocycles. The summed E-state index contributed by atoms with van der Waals surface area (Å²) in [5.41, 5.74) is 0.875. The maximum atomic E-state index is 12.6. The Labute approximate surface area is 174 Å². The second-order valence-corrected chi connectivity index (χ2v) is 7.32. The molecule has 0 spiro atoms. The molecule has 0 amide bonds. The van der Waals surface area contributed by atoms with E-state index in [2.05, 4.69) is 25.7 Å². The quantitative estimate of drug-likeness (QED) is 0.442. The highest BCUT2D eigenvalue weighted by Crippen LogP contribution is 2.29. The summed E-state index contributed by atoms with van der Waals surface area (Å²) in [5, 5.41) is 12.3. The lowest BCUT2D eigenvalue weighted by atomic mass is 10.3. The largest absolute Gasteiger partial charge is 0.434 e. The van der Waals surface area contributed by atoms with Crippen molar-refractivity contribution in [2.24, 2.45) is 4.99 Å². The van der Waals surface area contributed by atoms with Crippen molar-refractivity contribution in [3.05, 3.63) is 63.3 Å². The molecule has 0 aliphatic rings. The average molecular weight is 443 g/mol. The first-order valence-corrected chi connectivity index (χ1v) is 9.94. The topological polar surface area (TPSA) is 67.1 Å². The van der Waals surface area contributed by atoms with Crippen molar-refractivity contribution in [2.75, 3.05) is 6.54 Å². The van der Waals surface area contributed by atoms with Gasteiger partial charge in [0.1, 0.15) is 5.01 Å². The predicted molar refractivity (Wildman–Crippen MR) is 107 cm³/mol. The first kappa shape index (κ1) is 21.1. The molecule has 2 heterocycles. The van der Waals surface area contributed by atoms with Gasteiger partial charge in [-0.2, -0.15) is 18.3 Å². The molecular formula is C18H18ClF3N6S. The average Bonchev–Trinajstić information content (AvgIpc) is 3.34. The summed E-state index contributed by atoms with van der Waals surface area (Å²) in [7, 11) is 0. The fraction of sp³-hybridized carbons (Fsp3) is 0.278. The van der Waals surface area contributed by atoms with Crippen molar-refractivity contribution in [1.29, 1.82) is 0 Å². The van der Waals surface area contributed by atoms with Crippen LogP contribution in [0.1, 0.15) is 23.2 Å². The van der Waals surface area contributed by atoms with Crippen molar-refractivity contribution >= 4 is 28.9 Å². The number of nitrogens with one attached hydrogen (secondary N) is 2. The zero-order valence-corrected chi connectivity index (χ0v) is 16.9. The van der Waals surface area contributed by atoms with Crippen molar-refractivity contribution in [1.82, 2.24) is 25.4 Å². The first-order valence-electron chi connectivity index (χ1n) is 8.68. The van der Waals surface area contributed by atoms with Gasteiger partial charge in [0.15, 0.2) is 11.7 Å². The third-order valence-electron chi connectivity index (χ3n) is 3.74. The Morgan fingerprint density at radius 3 is 2.66 bits per heavy atom. The Morgan fingerprint density at radius 2 is 2.00 bits per heavy atom. The van der Waals surface area contributed by atoms with Crippen LogP contribution in [-0.2, 0) is 19.3 Å². The van der Waals surface area contributed by atoms with E-state index in [1.807, 2.05) is 25.3 Å². The molecule has 0 fully saturated rings. The molecule has 11 heteroatoms. The van der Waals surface area contributed by atoms with Crippen LogP contribution < -0.4 is 10.6 Å². The van der Waals surface area contributed by atoms with E-state index >= 15 is 0 Å². The minimum Gasteiger partial charge on any atom is -0.357 e. The lowest BCUT2D eigenvalue weighted by Crippen LogP contribution is -2.36. The van der Waals surface area contributed by atoms with Gasteiger partial charge >= 0.3 is 6.18 Å². The molecule has 2 N–H and O–H groups in total. The van der Waals surface area contributed by atoms with Crippen molar-refractivity contribution in [3.8, 4) is 5.69 Å². The molecule has 0 aliphatic carbocycles. The van der Waals surface area contributed by atoms with E-state index in [1.165, 1.54) is 0 Å². The summed E-state index contributed by atoms with van der Waals surface area (Å²) < 4.78 is 39.7. The molecule has 29 heavy (non-hydrogen) atoms. The fourth-order valence-corrected chi connectivity index (χ4v) is 3.24. The highest BCUT2D eigenvalue weighted by atomic mass is 35.5. The Balaban J connectivity index is 1.62. The van der Waals surface area contributed by atoms with Gasteiger partial charge in [-0.15, -0.1) is 11.3 Å². The number of guanidine groups is 1. The van der Waals surface area contributed by atoms with Crippen LogP contribution in [0, 0.1) is 0 Å². The molecule has 0 bridgehead atoms. The van der Waals surface area contributed by atoms with Crippen LogP contribution >= 0.6 is 22.9 Å². The summed E-state index contributed by atoms with van der Waals surface area (Å²) in [6.45, 7) is 3.02. The summed E-state index contributed by atoms with van der Waals surface area (Å²) >= 11 is 6.85. The minimum atomic E-state index is -4.43. The summed E-state index contributed by atoms with van der Waals surface area (Å²) in [5.74, 6) is 0.482. The first-order chi connectivity index (χ1) is 13.8. The number of nitrogens with zero attached hydrogens (tertiary/aromatic N) is 4.